The van der Waals surface area contributed by atoms with Crippen LogP contribution in [0, 0.1) is 0 Å². The normalized spacial score (nSPS) is 10.6. The smallest absolute Gasteiger partial charge is 0.287 e. The predicted molar refractivity (Wildman–Crippen MR) is 80.6 cm³/mol. The maximum absolute atomic E-state index is 11.8. The largest absolute Gasteiger partial charge is 0.508 e. The Bertz CT molecular complexity index is 795. The molecule has 0 fully saturated rings. The third-order valence-corrected chi connectivity index (χ3v) is 3.31. The summed E-state index contributed by atoms with van der Waals surface area (Å²) in [6.45, 7) is 0.231. The van der Waals surface area contributed by atoms with Gasteiger partial charge in [0.05, 0.1) is 18.4 Å². The van der Waals surface area contributed by atoms with Gasteiger partial charge in [-0.05, 0) is 52.3 Å². The SMILES string of the molecule is O=C(NCc1cn(-c2ccc(O)cc2)nn1)c1ccc(Br)o1. The lowest BCUT2D eigenvalue weighted by atomic mass is 10.3. The molecule has 8 heteroatoms. The summed E-state index contributed by atoms with van der Waals surface area (Å²) in [5.74, 6) is 0.0728. The number of phenols is 1. The fourth-order valence-electron chi connectivity index (χ4n) is 1.81. The highest BCUT2D eigenvalue weighted by atomic mass is 79.9. The van der Waals surface area contributed by atoms with Crippen molar-refractivity contribution in [2.45, 2.75) is 6.54 Å². The van der Waals surface area contributed by atoms with E-state index in [1.54, 1.807) is 47.3 Å². The third kappa shape index (κ3) is 3.17. The highest BCUT2D eigenvalue weighted by Gasteiger charge is 2.11. The van der Waals surface area contributed by atoms with Gasteiger partial charge in [0.15, 0.2) is 10.4 Å². The molecule has 22 heavy (non-hydrogen) atoms. The van der Waals surface area contributed by atoms with Crippen LogP contribution in [-0.2, 0) is 6.54 Å². The Labute approximate surface area is 133 Å². The topological polar surface area (TPSA) is 93.2 Å². The number of phenolic OH excluding ortho intramolecular Hbond substituents is 1. The molecule has 0 saturated heterocycles. The zero-order valence-electron chi connectivity index (χ0n) is 11.2. The second-order valence-electron chi connectivity index (χ2n) is 4.46. The van der Waals surface area contributed by atoms with Crippen LogP contribution in [0.3, 0.4) is 0 Å². The van der Waals surface area contributed by atoms with E-state index in [2.05, 4.69) is 31.6 Å². The molecule has 0 atom stereocenters. The molecule has 2 aromatic heterocycles. The van der Waals surface area contributed by atoms with Crippen molar-refractivity contribution in [1.82, 2.24) is 20.3 Å². The van der Waals surface area contributed by atoms with Gasteiger partial charge < -0.3 is 14.8 Å². The number of aromatic hydroxyl groups is 1. The van der Waals surface area contributed by atoms with Gasteiger partial charge in [-0.15, -0.1) is 5.10 Å². The molecule has 0 aliphatic carbocycles. The molecule has 2 heterocycles. The standard InChI is InChI=1S/C14H11BrN4O3/c15-13-6-5-12(22-13)14(21)16-7-9-8-19(18-17-9)10-1-3-11(20)4-2-10/h1-6,8,20H,7H2,(H,16,21). The van der Waals surface area contributed by atoms with E-state index in [4.69, 9.17) is 4.42 Å². The van der Waals surface area contributed by atoms with Crippen molar-refractivity contribution in [2.24, 2.45) is 0 Å². The molecule has 112 valence electrons. The van der Waals surface area contributed by atoms with Crippen molar-refractivity contribution < 1.29 is 14.3 Å². The van der Waals surface area contributed by atoms with Crippen LogP contribution in [0.25, 0.3) is 5.69 Å². The lowest BCUT2D eigenvalue weighted by molar-refractivity contribution is 0.0921. The van der Waals surface area contributed by atoms with E-state index >= 15 is 0 Å². The highest BCUT2D eigenvalue weighted by Crippen LogP contribution is 2.14. The minimum Gasteiger partial charge on any atom is -0.508 e. The van der Waals surface area contributed by atoms with Gasteiger partial charge in [0.2, 0.25) is 0 Å². The summed E-state index contributed by atoms with van der Waals surface area (Å²) in [5.41, 5.74) is 1.37. The number of furan rings is 1. The fourth-order valence-corrected chi connectivity index (χ4v) is 2.11. The summed E-state index contributed by atoms with van der Waals surface area (Å²) < 4.78 is 7.22. The summed E-state index contributed by atoms with van der Waals surface area (Å²) in [6.07, 6.45) is 1.70. The number of hydrogen-bond acceptors (Lipinski definition) is 5. The van der Waals surface area contributed by atoms with Crippen LogP contribution >= 0.6 is 15.9 Å². The second-order valence-corrected chi connectivity index (χ2v) is 5.24. The molecule has 3 aromatic rings. The number of aromatic nitrogens is 3. The summed E-state index contributed by atoms with van der Waals surface area (Å²) in [6, 6.07) is 9.78. The second kappa shape index (κ2) is 6.02. The van der Waals surface area contributed by atoms with Crippen molar-refractivity contribution in [3.05, 3.63) is 58.7 Å². The van der Waals surface area contributed by atoms with Gasteiger partial charge in [-0.1, -0.05) is 5.21 Å². The van der Waals surface area contributed by atoms with Crippen LogP contribution in [0.1, 0.15) is 16.2 Å². The quantitative estimate of drug-likeness (QED) is 0.742. The van der Waals surface area contributed by atoms with Gasteiger partial charge in [0, 0.05) is 0 Å². The van der Waals surface area contributed by atoms with Crippen LogP contribution in [0.2, 0.25) is 0 Å². The number of hydrogen-bond donors (Lipinski definition) is 2. The average Bonchev–Trinajstić information content (AvgIpc) is 3.15. The van der Waals surface area contributed by atoms with Crippen LogP contribution < -0.4 is 5.32 Å². The number of nitrogens with one attached hydrogen (secondary N) is 1. The van der Waals surface area contributed by atoms with Gasteiger partial charge in [0.1, 0.15) is 11.4 Å². The lowest BCUT2D eigenvalue weighted by Gasteiger charge is -2.00. The Kier molecular flexibility index (Phi) is 3.92. The molecule has 1 amide bonds. The lowest BCUT2D eigenvalue weighted by Crippen LogP contribution is -2.22. The van der Waals surface area contributed by atoms with E-state index in [1.807, 2.05) is 0 Å². The summed E-state index contributed by atoms with van der Waals surface area (Å²) in [7, 11) is 0. The van der Waals surface area contributed by atoms with Gasteiger partial charge in [-0.25, -0.2) is 4.68 Å². The Morgan fingerprint density at radius 2 is 2.05 bits per heavy atom. The van der Waals surface area contributed by atoms with E-state index in [0.717, 1.165) is 5.69 Å². The number of halogens is 1. The maximum atomic E-state index is 11.8. The van der Waals surface area contributed by atoms with Crippen molar-refractivity contribution >= 4 is 21.8 Å². The molecule has 7 nitrogen and oxygen atoms in total. The van der Waals surface area contributed by atoms with Crippen LogP contribution in [0.15, 0.2) is 51.7 Å². The van der Waals surface area contributed by atoms with Gasteiger partial charge in [-0.3, -0.25) is 4.79 Å². The monoisotopic (exact) mass is 362 g/mol. The molecule has 0 saturated carbocycles. The van der Waals surface area contributed by atoms with E-state index in [0.29, 0.717) is 10.4 Å². The molecular formula is C14H11BrN4O3. The number of carbonyl (C=O) groups excluding carboxylic acids is 1. The summed E-state index contributed by atoms with van der Waals surface area (Å²) in [4.78, 5) is 11.8. The number of rotatable bonds is 4. The Morgan fingerprint density at radius 1 is 1.27 bits per heavy atom. The first-order chi connectivity index (χ1) is 10.6. The molecule has 0 radical (unpaired) electrons. The first kappa shape index (κ1) is 14.3. The summed E-state index contributed by atoms with van der Waals surface area (Å²) >= 11 is 3.14. The van der Waals surface area contributed by atoms with Crippen molar-refractivity contribution in [1.29, 1.82) is 0 Å². The number of nitrogens with zero attached hydrogens (tertiary/aromatic N) is 3. The maximum Gasteiger partial charge on any atom is 0.287 e. The molecule has 2 N–H and O–H groups in total. The Balaban J connectivity index is 1.64. The van der Waals surface area contributed by atoms with Crippen LogP contribution in [0.5, 0.6) is 5.75 Å². The minimum absolute atomic E-state index is 0.181. The van der Waals surface area contributed by atoms with Crippen molar-refractivity contribution in [3.8, 4) is 11.4 Å². The molecule has 0 bridgehead atoms. The van der Waals surface area contributed by atoms with Crippen LogP contribution in [0.4, 0.5) is 0 Å². The van der Waals surface area contributed by atoms with E-state index in [1.165, 1.54) is 0 Å². The highest BCUT2D eigenvalue weighted by molar-refractivity contribution is 9.10. The van der Waals surface area contributed by atoms with Gasteiger partial charge >= 0.3 is 0 Å². The molecule has 0 spiro atoms. The zero-order chi connectivity index (χ0) is 15.5. The Morgan fingerprint density at radius 3 is 2.73 bits per heavy atom. The molecule has 3 rings (SSSR count). The minimum atomic E-state index is -0.329. The van der Waals surface area contributed by atoms with E-state index in [-0.39, 0.29) is 24.0 Å². The first-order valence-corrected chi connectivity index (χ1v) is 7.15. The first-order valence-electron chi connectivity index (χ1n) is 6.36. The number of carbonyl (C=O) groups is 1. The summed E-state index contributed by atoms with van der Waals surface area (Å²) in [5, 5.41) is 19.9. The molecule has 0 aliphatic rings. The van der Waals surface area contributed by atoms with E-state index < -0.39 is 0 Å². The fraction of sp³-hybridized carbons (Fsp3) is 0.0714. The van der Waals surface area contributed by atoms with Gasteiger partial charge in [0.25, 0.3) is 5.91 Å². The molecule has 1 aromatic carbocycles. The molecule has 0 unspecified atom stereocenters. The number of benzene rings is 1. The van der Waals surface area contributed by atoms with Crippen molar-refractivity contribution in [2.75, 3.05) is 0 Å². The van der Waals surface area contributed by atoms with Crippen molar-refractivity contribution in [3.63, 3.8) is 0 Å². The van der Waals surface area contributed by atoms with E-state index in [9.17, 15) is 9.90 Å². The molecule has 0 aliphatic heterocycles. The Hall–Kier alpha value is -2.61. The zero-order valence-corrected chi connectivity index (χ0v) is 12.8. The average molecular weight is 363 g/mol. The predicted octanol–water partition coefficient (Wildman–Crippen LogP) is 2.26. The molecular weight excluding hydrogens is 352 g/mol. The van der Waals surface area contributed by atoms with Gasteiger partial charge in [-0.2, -0.15) is 0 Å². The number of amides is 1. The van der Waals surface area contributed by atoms with Crippen LogP contribution in [-0.4, -0.2) is 26.0 Å². The third-order valence-electron chi connectivity index (χ3n) is 2.88.